The third-order valence-corrected chi connectivity index (χ3v) is 2.17. The summed E-state index contributed by atoms with van der Waals surface area (Å²) < 4.78 is 13.2. The van der Waals surface area contributed by atoms with Crippen LogP contribution in [0.3, 0.4) is 0 Å². The van der Waals surface area contributed by atoms with E-state index in [0.717, 1.165) is 0 Å². The maximum Gasteiger partial charge on any atom is 0.289 e. The van der Waals surface area contributed by atoms with Gasteiger partial charge in [-0.05, 0) is 18.2 Å². The molecule has 0 aliphatic carbocycles. The van der Waals surface area contributed by atoms with E-state index in [1.165, 1.54) is 18.5 Å². The van der Waals surface area contributed by atoms with Crippen LogP contribution in [0, 0.1) is 5.82 Å². The second-order valence-electron chi connectivity index (χ2n) is 3.44. The molecule has 0 bridgehead atoms. The van der Waals surface area contributed by atoms with Gasteiger partial charge < -0.3 is 0 Å². The first-order valence-electron chi connectivity index (χ1n) is 5.26. The molecule has 0 atom stereocenters. The summed E-state index contributed by atoms with van der Waals surface area (Å²) in [6.07, 6.45) is 2.76. The summed E-state index contributed by atoms with van der Waals surface area (Å²) in [6, 6.07) is 11.1. The first-order chi connectivity index (χ1) is 8.77. The Morgan fingerprint density at radius 2 is 2.00 bits per heavy atom. The topological polar surface area (TPSA) is 54.4 Å². The SMILES string of the molecule is O=C(NN=Cc1ccccc1F)c1ccccn1. The summed E-state index contributed by atoms with van der Waals surface area (Å²) in [7, 11) is 0. The molecule has 0 saturated carbocycles. The normalized spacial score (nSPS) is 10.5. The van der Waals surface area contributed by atoms with Crippen LogP contribution < -0.4 is 5.43 Å². The van der Waals surface area contributed by atoms with Gasteiger partial charge in [0.25, 0.3) is 5.91 Å². The van der Waals surface area contributed by atoms with Gasteiger partial charge in [0.1, 0.15) is 11.5 Å². The number of halogens is 1. The number of hydrogen-bond donors (Lipinski definition) is 1. The summed E-state index contributed by atoms with van der Waals surface area (Å²) in [5.41, 5.74) is 2.83. The van der Waals surface area contributed by atoms with Crippen LogP contribution in [-0.4, -0.2) is 17.1 Å². The van der Waals surface area contributed by atoms with Crippen molar-refractivity contribution in [3.05, 3.63) is 65.7 Å². The lowest BCUT2D eigenvalue weighted by molar-refractivity contribution is 0.0950. The predicted octanol–water partition coefficient (Wildman–Crippen LogP) is 1.98. The highest BCUT2D eigenvalue weighted by atomic mass is 19.1. The average molecular weight is 243 g/mol. The maximum atomic E-state index is 13.2. The Morgan fingerprint density at radius 1 is 1.22 bits per heavy atom. The van der Waals surface area contributed by atoms with Crippen molar-refractivity contribution in [2.75, 3.05) is 0 Å². The van der Waals surface area contributed by atoms with Gasteiger partial charge >= 0.3 is 0 Å². The molecule has 18 heavy (non-hydrogen) atoms. The molecule has 1 N–H and O–H groups in total. The van der Waals surface area contributed by atoms with Crippen LogP contribution in [0.25, 0.3) is 0 Å². The number of hydrazone groups is 1. The number of pyridine rings is 1. The van der Waals surface area contributed by atoms with Crippen molar-refractivity contribution in [2.24, 2.45) is 5.10 Å². The second-order valence-corrected chi connectivity index (χ2v) is 3.44. The van der Waals surface area contributed by atoms with Gasteiger partial charge in [0, 0.05) is 11.8 Å². The number of rotatable bonds is 3. The number of carbonyl (C=O) groups excluding carboxylic acids is 1. The predicted molar refractivity (Wildman–Crippen MR) is 65.7 cm³/mol. The molecular formula is C13H10FN3O. The lowest BCUT2D eigenvalue weighted by Crippen LogP contribution is -2.18. The highest BCUT2D eigenvalue weighted by molar-refractivity contribution is 5.93. The first-order valence-corrected chi connectivity index (χ1v) is 5.26. The fourth-order valence-corrected chi connectivity index (χ4v) is 1.29. The van der Waals surface area contributed by atoms with E-state index in [0.29, 0.717) is 5.56 Å². The molecule has 4 nitrogen and oxygen atoms in total. The van der Waals surface area contributed by atoms with E-state index in [2.05, 4.69) is 15.5 Å². The van der Waals surface area contributed by atoms with Crippen LogP contribution in [0.4, 0.5) is 4.39 Å². The van der Waals surface area contributed by atoms with Gasteiger partial charge in [0.05, 0.1) is 6.21 Å². The summed E-state index contributed by atoms with van der Waals surface area (Å²) in [6.45, 7) is 0. The van der Waals surface area contributed by atoms with Crippen LogP contribution in [0.15, 0.2) is 53.8 Å². The first kappa shape index (κ1) is 11.9. The van der Waals surface area contributed by atoms with E-state index in [-0.39, 0.29) is 5.69 Å². The van der Waals surface area contributed by atoms with Gasteiger partial charge in [-0.1, -0.05) is 24.3 Å². The van der Waals surface area contributed by atoms with E-state index in [1.54, 1.807) is 36.4 Å². The van der Waals surface area contributed by atoms with E-state index < -0.39 is 11.7 Å². The van der Waals surface area contributed by atoms with Gasteiger partial charge in [-0.2, -0.15) is 5.10 Å². The molecule has 0 saturated heterocycles. The summed E-state index contributed by atoms with van der Waals surface area (Å²) in [5, 5.41) is 3.67. The van der Waals surface area contributed by atoms with Crippen molar-refractivity contribution >= 4 is 12.1 Å². The van der Waals surface area contributed by atoms with Crippen molar-refractivity contribution in [3.8, 4) is 0 Å². The van der Waals surface area contributed by atoms with E-state index in [9.17, 15) is 9.18 Å². The van der Waals surface area contributed by atoms with Crippen LogP contribution >= 0.6 is 0 Å². The average Bonchev–Trinajstić information content (AvgIpc) is 2.42. The molecular weight excluding hydrogens is 233 g/mol. The lowest BCUT2D eigenvalue weighted by Gasteiger charge is -1.98. The molecule has 0 unspecified atom stereocenters. The van der Waals surface area contributed by atoms with Gasteiger partial charge in [0.2, 0.25) is 0 Å². The standard InChI is InChI=1S/C13H10FN3O/c14-11-6-2-1-5-10(11)9-16-17-13(18)12-7-3-4-8-15-12/h1-9H,(H,17,18). The molecule has 1 aromatic carbocycles. The van der Waals surface area contributed by atoms with Gasteiger partial charge in [0.15, 0.2) is 0 Å². The number of amides is 1. The molecule has 0 fully saturated rings. The molecule has 2 rings (SSSR count). The Labute approximate surface area is 103 Å². The molecule has 0 spiro atoms. The highest BCUT2D eigenvalue weighted by Crippen LogP contribution is 2.02. The number of aromatic nitrogens is 1. The molecule has 0 aliphatic rings. The van der Waals surface area contributed by atoms with Crippen LogP contribution in [0.1, 0.15) is 16.1 Å². The van der Waals surface area contributed by atoms with Crippen molar-refractivity contribution in [3.63, 3.8) is 0 Å². The monoisotopic (exact) mass is 243 g/mol. The quantitative estimate of drug-likeness (QED) is 0.662. The number of hydrogen-bond acceptors (Lipinski definition) is 3. The third-order valence-electron chi connectivity index (χ3n) is 2.17. The fourth-order valence-electron chi connectivity index (χ4n) is 1.29. The largest absolute Gasteiger partial charge is 0.289 e. The smallest absolute Gasteiger partial charge is 0.266 e. The molecule has 1 heterocycles. The molecule has 5 heteroatoms. The highest BCUT2D eigenvalue weighted by Gasteiger charge is 2.03. The summed E-state index contributed by atoms with van der Waals surface area (Å²) >= 11 is 0. The van der Waals surface area contributed by atoms with Crippen LogP contribution in [0.5, 0.6) is 0 Å². The van der Waals surface area contributed by atoms with Crippen molar-refractivity contribution in [1.82, 2.24) is 10.4 Å². The number of nitrogens with one attached hydrogen (secondary N) is 1. The number of benzene rings is 1. The molecule has 0 aliphatic heterocycles. The minimum Gasteiger partial charge on any atom is -0.266 e. The molecule has 90 valence electrons. The summed E-state index contributed by atoms with van der Waals surface area (Å²) in [5.74, 6) is -0.837. The Bertz CT molecular complexity index is 569. The van der Waals surface area contributed by atoms with Crippen LogP contribution in [0.2, 0.25) is 0 Å². The second kappa shape index (κ2) is 5.67. The minimum absolute atomic E-state index is 0.253. The van der Waals surface area contributed by atoms with Gasteiger partial charge in [-0.3, -0.25) is 9.78 Å². The van der Waals surface area contributed by atoms with E-state index in [1.807, 2.05) is 0 Å². The molecule has 2 aromatic rings. The van der Waals surface area contributed by atoms with Gasteiger partial charge in [-0.25, -0.2) is 9.82 Å². The number of carbonyl (C=O) groups is 1. The van der Waals surface area contributed by atoms with Crippen LogP contribution in [-0.2, 0) is 0 Å². The molecule has 0 radical (unpaired) electrons. The Kier molecular flexibility index (Phi) is 3.76. The maximum absolute atomic E-state index is 13.2. The van der Waals surface area contributed by atoms with Crippen molar-refractivity contribution in [1.29, 1.82) is 0 Å². The van der Waals surface area contributed by atoms with Crippen molar-refractivity contribution in [2.45, 2.75) is 0 Å². The lowest BCUT2D eigenvalue weighted by atomic mass is 10.2. The molecule has 1 aromatic heterocycles. The third kappa shape index (κ3) is 2.98. The zero-order valence-corrected chi connectivity index (χ0v) is 9.38. The number of nitrogens with zero attached hydrogens (tertiary/aromatic N) is 2. The Balaban J connectivity index is 2.00. The molecule has 1 amide bonds. The summed E-state index contributed by atoms with van der Waals surface area (Å²) in [4.78, 5) is 15.4. The fraction of sp³-hybridized carbons (Fsp3) is 0. The van der Waals surface area contributed by atoms with Gasteiger partial charge in [-0.15, -0.1) is 0 Å². The Morgan fingerprint density at radius 3 is 2.72 bits per heavy atom. The Hall–Kier alpha value is -2.56. The van der Waals surface area contributed by atoms with Crippen molar-refractivity contribution < 1.29 is 9.18 Å². The van der Waals surface area contributed by atoms with E-state index in [4.69, 9.17) is 0 Å². The minimum atomic E-state index is -0.441. The zero-order valence-electron chi connectivity index (χ0n) is 9.38. The van der Waals surface area contributed by atoms with E-state index >= 15 is 0 Å². The zero-order chi connectivity index (χ0) is 12.8.